The fourth-order valence-electron chi connectivity index (χ4n) is 3.00. The maximum absolute atomic E-state index is 12.5. The van der Waals surface area contributed by atoms with Crippen LogP contribution in [-0.2, 0) is 6.54 Å². The number of carbonyl (C=O) groups excluding carboxylic acids is 1. The Morgan fingerprint density at radius 2 is 1.72 bits per heavy atom. The van der Waals surface area contributed by atoms with Crippen molar-refractivity contribution >= 4 is 23.3 Å². The molecule has 0 spiro atoms. The number of amides is 2. The summed E-state index contributed by atoms with van der Waals surface area (Å²) in [6.45, 7) is 8.18. The molecular formula is C20H24ClN3O. The van der Waals surface area contributed by atoms with Gasteiger partial charge in [0.25, 0.3) is 0 Å². The maximum Gasteiger partial charge on any atom is 0.321 e. The number of urea groups is 1. The molecule has 2 amide bonds. The van der Waals surface area contributed by atoms with E-state index in [9.17, 15) is 4.79 Å². The van der Waals surface area contributed by atoms with E-state index in [1.807, 2.05) is 30.0 Å². The van der Waals surface area contributed by atoms with E-state index < -0.39 is 0 Å². The first-order valence-electron chi connectivity index (χ1n) is 8.62. The largest absolute Gasteiger partial charge is 0.322 e. The predicted molar refractivity (Wildman–Crippen MR) is 103 cm³/mol. The second kappa shape index (κ2) is 7.89. The van der Waals surface area contributed by atoms with E-state index in [2.05, 4.69) is 41.4 Å². The van der Waals surface area contributed by atoms with Crippen molar-refractivity contribution in [2.45, 2.75) is 20.4 Å². The summed E-state index contributed by atoms with van der Waals surface area (Å²) in [5, 5.41) is 3.64. The van der Waals surface area contributed by atoms with Crippen LogP contribution in [0.15, 0.2) is 42.5 Å². The van der Waals surface area contributed by atoms with Crippen LogP contribution < -0.4 is 5.32 Å². The van der Waals surface area contributed by atoms with E-state index in [0.29, 0.717) is 5.02 Å². The zero-order chi connectivity index (χ0) is 17.8. The number of aryl methyl sites for hydroxylation is 1. The zero-order valence-electron chi connectivity index (χ0n) is 14.8. The number of benzene rings is 2. The number of nitrogens with zero attached hydrogens (tertiary/aromatic N) is 2. The van der Waals surface area contributed by atoms with Crippen molar-refractivity contribution in [2.75, 3.05) is 31.5 Å². The second-order valence-electron chi connectivity index (χ2n) is 6.59. The quantitative estimate of drug-likeness (QED) is 0.888. The lowest BCUT2D eigenvalue weighted by molar-refractivity contribution is 0.143. The van der Waals surface area contributed by atoms with Crippen molar-refractivity contribution in [3.63, 3.8) is 0 Å². The summed E-state index contributed by atoms with van der Waals surface area (Å²) in [4.78, 5) is 16.7. The fourth-order valence-corrected chi connectivity index (χ4v) is 3.17. The van der Waals surface area contributed by atoms with Gasteiger partial charge in [-0.3, -0.25) is 4.90 Å². The Morgan fingerprint density at radius 1 is 1.04 bits per heavy atom. The first-order chi connectivity index (χ1) is 12.0. The number of piperazine rings is 1. The normalized spacial score (nSPS) is 15.2. The topological polar surface area (TPSA) is 35.6 Å². The summed E-state index contributed by atoms with van der Waals surface area (Å²) in [5.41, 5.74) is 4.27. The number of anilines is 1. The molecule has 0 bridgehead atoms. The Morgan fingerprint density at radius 3 is 2.40 bits per heavy atom. The van der Waals surface area contributed by atoms with Crippen molar-refractivity contribution in [3.05, 3.63) is 64.2 Å². The number of nitrogens with one attached hydrogen (secondary N) is 1. The van der Waals surface area contributed by atoms with E-state index in [0.717, 1.165) is 44.0 Å². The average molecular weight is 358 g/mol. The number of hydrogen-bond donors (Lipinski definition) is 1. The number of carbonyl (C=O) groups is 1. The number of halogens is 1. The lowest BCUT2D eigenvalue weighted by atomic mass is 10.1. The van der Waals surface area contributed by atoms with E-state index in [4.69, 9.17) is 11.6 Å². The molecule has 0 aliphatic carbocycles. The van der Waals surface area contributed by atoms with Crippen LogP contribution >= 0.6 is 11.6 Å². The van der Waals surface area contributed by atoms with E-state index in [-0.39, 0.29) is 6.03 Å². The minimum atomic E-state index is -0.0552. The minimum absolute atomic E-state index is 0.0552. The highest BCUT2D eigenvalue weighted by molar-refractivity contribution is 6.31. The molecule has 1 fully saturated rings. The van der Waals surface area contributed by atoms with Gasteiger partial charge in [-0.1, -0.05) is 47.5 Å². The van der Waals surface area contributed by atoms with Crippen molar-refractivity contribution in [3.8, 4) is 0 Å². The maximum atomic E-state index is 12.5. The molecule has 1 N–H and O–H groups in total. The third-order valence-corrected chi connectivity index (χ3v) is 5.11. The monoisotopic (exact) mass is 357 g/mol. The van der Waals surface area contributed by atoms with Crippen LogP contribution in [-0.4, -0.2) is 42.0 Å². The average Bonchev–Trinajstić information content (AvgIpc) is 2.61. The molecule has 132 valence electrons. The molecule has 2 aromatic carbocycles. The van der Waals surface area contributed by atoms with Gasteiger partial charge < -0.3 is 10.2 Å². The molecule has 1 aliphatic rings. The van der Waals surface area contributed by atoms with Crippen molar-refractivity contribution < 1.29 is 4.79 Å². The van der Waals surface area contributed by atoms with Gasteiger partial charge in [-0.05, 0) is 37.1 Å². The van der Waals surface area contributed by atoms with Gasteiger partial charge in [0, 0.05) is 43.4 Å². The SMILES string of the molecule is Cc1ccc(CN2CCN(C(=O)Nc3cccc(Cl)c3C)CC2)cc1. The van der Waals surface area contributed by atoms with Crippen LogP contribution in [0.4, 0.5) is 10.5 Å². The minimum Gasteiger partial charge on any atom is -0.322 e. The van der Waals surface area contributed by atoms with Crippen LogP contribution in [0.3, 0.4) is 0 Å². The van der Waals surface area contributed by atoms with Crippen LogP contribution in [0.1, 0.15) is 16.7 Å². The Labute approximate surface area is 154 Å². The molecule has 1 aliphatic heterocycles. The van der Waals surface area contributed by atoms with Crippen LogP contribution in [0, 0.1) is 13.8 Å². The van der Waals surface area contributed by atoms with Gasteiger partial charge in [-0.25, -0.2) is 4.79 Å². The van der Waals surface area contributed by atoms with E-state index in [1.165, 1.54) is 11.1 Å². The smallest absolute Gasteiger partial charge is 0.321 e. The highest BCUT2D eigenvalue weighted by atomic mass is 35.5. The van der Waals surface area contributed by atoms with E-state index in [1.54, 1.807) is 0 Å². The molecular weight excluding hydrogens is 334 g/mol. The van der Waals surface area contributed by atoms with Crippen molar-refractivity contribution in [1.82, 2.24) is 9.80 Å². The molecule has 25 heavy (non-hydrogen) atoms. The second-order valence-corrected chi connectivity index (χ2v) is 7.00. The third kappa shape index (κ3) is 4.53. The first-order valence-corrected chi connectivity index (χ1v) is 8.99. The van der Waals surface area contributed by atoms with Gasteiger partial charge in [0.1, 0.15) is 0 Å². The third-order valence-electron chi connectivity index (χ3n) is 4.70. The summed E-state index contributed by atoms with van der Waals surface area (Å²) in [7, 11) is 0. The van der Waals surface area contributed by atoms with Crippen LogP contribution in [0.25, 0.3) is 0 Å². The van der Waals surface area contributed by atoms with Gasteiger partial charge in [-0.2, -0.15) is 0 Å². The summed E-state index contributed by atoms with van der Waals surface area (Å²) >= 11 is 6.12. The van der Waals surface area contributed by atoms with E-state index >= 15 is 0 Å². The molecule has 0 aromatic heterocycles. The Balaban J connectivity index is 1.52. The standard InChI is InChI=1S/C20H24ClN3O/c1-15-6-8-17(9-7-15)14-23-10-12-24(13-11-23)20(25)22-19-5-3-4-18(21)16(19)2/h3-9H,10-14H2,1-2H3,(H,22,25). The lowest BCUT2D eigenvalue weighted by Crippen LogP contribution is -2.49. The molecule has 2 aromatic rings. The number of rotatable bonds is 3. The predicted octanol–water partition coefficient (Wildman–Crippen LogP) is 4.31. The van der Waals surface area contributed by atoms with Crippen LogP contribution in [0.2, 0.25) is 5.02 Å². The van der Waals surface area contributed by atoms with Gasteiger partial charge in [-0.15, -0.1) is 0 Å². The lowest BCUT2D eigenvalue weighted by Gasteiger charge is -2.34. The molecule has 1 heterocycles. The molecule has 4 nitrogen and oxygen atoms in total. The van der Waals surface area contributed by atoms with Gasteiger partial charge in [0.05, 0.1) is 0 Å². The Hall–Kier alpha value is -2.04. The Bertz CT molecular complexity index is 737. The molecule has 5 heteroatoms. The number of hydrogen-bond acceptors (Lipinski definition) is 2. The summed E-state index contributed by atoms with van der Waals surface area (Å²) in [5.74, 6) is 0. The highest BCUT2D eigenvalue weighted by Gasteiger charge is 2.21. The summed E-state index contributed by atoms with van der Waals surface area (Å²) in [6, 6.07) is 14.2. The van der Waals surface area contributed by atoms with Crippen LogP contribution in [0.5, 0.6) is 0 Å². The highest BCUT2D eigenvalue weighted by Crippen LogP contribution is 2.23. The van der Waals surface area contributed by atoms with Crippen molar-refractivity contribution in [2.24, 2.45) is 0 Å². The fraction of sp³-hybridized carbons (Fsp3) is 0.350. The van der Waals surface area contributed by atoms with Gasteiger partial charge >= 0.3 is 6.03 Å². The summed E-state index contributed by atoms with van der Waals surface area (Å²) < 4.78 is 0. The molecule has 0 unspecified atom stereocenters. The molecule has 0 atom stereocenters. The van der Waals surface area contributed by atoms with Crippen molar-refractivity contribution in [1.29, 1.82) is 0 Å². The first kappa shape index (κ1) is 17.8. The molecule has 3 rings (SSSR count). The zero-order valence-corrected chi connectivity index (χ0v) is 15.5. The molecule has 1 saturated heterocycles. The molecule has 0 saturated carbocycles. The summed E-state index contributed by atoms with van der Waals surface area (Å²) in [6.07, 6.45) is 0. The van der Waals surface area contributed by atoms with Gasteiger partial charge in [0.15, 0.2) is 0 Å². The molecule has 0 radical (unpaired) electrons. The van der Waals surface area contributed by atoms with Gasteiger partial charge in [0.2, 0.25) is 0 Å². The Kier molecular flexibility index (Phi) is 5.61.